The minimum Gasteiger partial charge on any atom is -0.497 e. The SMILES string of the molecule is COc1ccc([C@@H](O)CN2CCC(O)(c3ccccc3F)CC2)cc1. The van der Waals surface area contributed by atoms with E-state index in [0.29, 0.717) is 38.0 Å². The lowest BCUT2D eigenvalue weighted by Crippen LogP contribution is -2.44. The van der Waals surface area contributed by atoms with E-state index >= 15 is 0 Å². The van der Waals surface area contributed by atoms with Gasteiger partial charge in [-0.05, 0) is 36.6 Å². The van der Waals surface area contributed by atoms with Crippen LogP contribution in [-0.2, 0) is 5.60 Å². The standard InChI is InChI=1S/C20H24FNO3/c1-25-16-8-6-15(7-9-16)19(23)14-22-12-10-20(24,11-13-22)17-4-2-3-5-18(17)21/h2-9,19,23-24H,10-14H2,1H3/t19-/m0/s1. The minimum atomic E-state index is -1.13. The first-order chi connectivity index (χ1) is 12.0. The van der Waals surface area contributed by atoms with Crippen LogP contribution in [0.3, 0.4) is 0 Å². The molecule has 0 radical (unpaired) electrons. The molecule has 1 fully saturated rings. The van der Waals surface area contributed by atoms with Gasteiger partial charge in [0.05, 0.1) is 18.8 Å². The molecule has 3 rings (SSSR count). The van der Waals surface area contributed by atoms with Crippen molar-refractivity contribution in [3.63, 3.8) is 0 Å². The number of hydrogen-bond donors (Lipinski definition) is 2. The fourth-order valence-electron chi connectivity index (χ4n) is 3.39. The van der Waals surface area contributed by atoms with Crippen molar-refractivity contribution in [3.8, 4) is 5.75 Å². The molecule has 0 aliphatic carbocycles. The molecule has 2 aromatic carbocycles. The van der Waals surface area contributed by atoms with Crippen LogP contribution in [-0.4, -0.2) is 41.9 Å². The van der Waals surface area contributed by atoms with Crippen LogP contribution >= 0.6 is 0 Å². The van der Waals surface area contributed by atoms with Gasteiger partial charge in [-0.1, -0.05) is 30.3 Å². The monoisotopic (exact) mass is 345 g/mol. The Bertz CT molecular complexity index is 696. The molecule has 25 heavy (non-hydrogen) atoms. The normalized spacial score (nSPS) is 18.7. The lowest BCUT2D eigenvalue weighted by Gasteiger charge is -2.39. The Labute approximate surface area is 147 Å². The highest BCUT2D eigenvalue weighted by Gasteiger charge is 2.36. The van der Waals surface area contributed by atoms with Crippen LogP contribution in [0.1, 0.15) is 30.1 Å². The molecule has 1 atom stereocenters. The summed E-state index contributed by atoms with van der Waals surface area (Å²) in [6.07, 6.45) is 0.289. The van der Waals surface area contributed by atoms with Crippen molar-refractivity contribution < 1.29 is 19.3 Å². The molecular weight excluding hydrogens is 321 g/mol. The average molecular weight is 345 g/mol. The van der Waals surface area contributed by atoms with Crippen molar-refractivity contribution in [2.45, 2.75) is 24.5 Å². The Morgan fingerprint density at radius 2 is 1.76 bits per heavy atom. The van der Waals surface area contributed by atoms with E-state index in [1.165, 1.54) is 6.07 Å². The number of piperidine rings is 1. The van der Waals surface area contributed by atoms with Crippen molar-refractivity contribution in [1.82, 2.24) is 4.90 Å². The lowest BCUT2D eigenvalue weighted by molar-refractivity contribution is -0.0367. The first-order valence-corrected chi connectivity index (χ1v) is 8.53. The number of halogens is 1. The Balaban J connectivity index is 1.59. The third-order valence-electron chi connectivity index (χ3n) is 4.99. The summed E-state index contributed by atoms with van der Waals surface area (Å²) in [6, 6.07) is 13.8. The molecular formula is C20H24FNO3. The largest absolute Gasteiger partial charge is 0.497 e. The van der Waals surface area contributed by atoms with Crippen molar-refractivity contribution in [2.75, 3.05) is 26.7 Å². The molecule has 1 heterocycles. The van der Waals surface area contributed by atoms with Gasteiger partial charge in [0.2, 0.25) is 0 Å². The summed E-state index contributed by atoms with van der Waals surface area (Å²) in [7, 11) is 1.61. The smallest absolute Gasteiger partial charge is 0.129 e. The predicted molar refractivity (Wildman–Crippen MR) is 93.9 cm³/mol. The number of aliphatic hydroxyl groups is 2. The van der Waals surface area contributed by atoms with Gasteiger partial charge < -0.3 is 19.8 Å². The van der Waals surface area contributed by atoms with Crippen LogP contribution in [0.25, 0.3) is 0 Å². The zero-order chi connectivity index (χ0) is 17.9. The summed E-state index contributed by atoms with van der Waals surface area (Å²) < 4.78 is 19.1. The third-order valence-corrected chi connectivity index (χ3v) is 4.99. The number of methoxy groups -OCH3 is 1. The van der Waals surface area contributed by atoms with Crippen LogP contribution in [0, 0.1) is 5.82 Å². The molecule has 0 unspecified atom stereocenters. The number of ether oxygens (including phenoxy) is 1. The van der Waals surface area contributed by atoms with Gasteiger partial charge in [-0.15, -0.1) is 0 Å². The number of benzene rings is 2. The summed E-state index contributed by atoms with van der Waals surface area (Å²) in [5.74, 6) is 0.389. The zero-order valence-electron chi connectivity index (χ0n) is 14.4. The maximum absolute atomic E-state index is 14.0. The molecule has 1 aliphatic heterocycles. The molecule has 0 bridgehead atoms. The molecule has 0 amide bonds. The van der Waals surface area contributed by atoms with Crippen LogP contribution in [0.5, 0.6) is 5.75 Å². The van der Waals surface area contributed by atoms with E-state index in [1.54, 1.807) is 25.3 Å². The van der Waals surface area contributed by atoms with Crippen LogP contribution in [0.15, 0.2) is 48.5 Å². The third kappa shape index (κ3) is 4.00. The molecule has 1 aliphatic rings. The zero-order valence-corrected chi connectivity index (χ0v) is 14.4. The summed E-state index contributed by atoms with van der Waals surface area (Å²) in [4.78, 5) is 2.10. The molecule has 4 nitrogen and oxygen atoms in total. The summed E-state index contributed by atoms with van der Waals surface area (Å²) >= 11 is 0. The van der Waals surface area contributed by atoms with Crippen molar-refractivity contribution in [1.29, 1.82) is 0 Å². The van der Waals surface area contributed by atoms with Crippen LogP contribution < -0.4 is 4.74 Å². The number of β-amino-alcohol motifs (C(OH)–C–C–N with tert-alkyl or cyclic N) is 1. The second-order valence-electron chi connectivity index (χ2n) is 6.60. The highest BCUT2D eigenvalue weighted by Crippen LogP contribution is 2.34. The lowest BCUT2D eigenvalue weighted by atomic mass is 9.84. The van der Waals surface area contributed by atoms with Gasteiger partial charge in [-0.25, -0.2) is 4.39 Å². The van der Waals surface area contributed by atoms with Gasteiger partial charge in [-0.2, -0.15) is 0 Å². The van der Waals surface area contributed by atoms with Gasteiger partial charge in [0.1, 0.15) is 11.6 Å². The van der Waals surface area contributed by atoms with E-state index in [0.717, 1.165) is 11.3 Å². The number of nitrogens with zero attached hydrogens (tertiary/aromatic N) is 1. The highest BCUT2D eigenvalue weighted by atomic mass is 19.1. The number of rotatable bonds is 5. The van der Waals surface area contributed by atoms with E-state index in [1.807, 2.05) is 24.3 Å². The Morgan fingerprint density at radius 1 is 1.12 bits per heavy atom. The van der Waals surface area contributed by atoms with Crippen molar-refractivity contribution in [3.05, 3.63) is 65.5 Å². The van der Waals surface area contributed by atoms with Crippen molar-refractivity contribution >= 4 is 0 Å². The Morgan fingerprint density at radius 3 is 2.36 bits per heavy atom. The number of hydrogen-bond acceptors (Lipinski definition) is 4. The van der Waals surface area contributed by atoms with E-state index in [-0.39, 0.29) is 5.82 Å². The van der Waals surface area contributed by atoms with Gasteiger partial charge >= 0.3 is 0 Å². The summed E-state index contributed by atoms with van der Waals surface area (Å²) in [5.41, 5.74) is 0.0634. The highest BCUT2D eigenvalue weighted by molar-refractivity contribution is 5.29. The fraction of sp³-hybridized carbons (Fsp3) is 0.400. The molecule has 2 aromatic rings. The molecule has 134 valence electrons. The number of likely N-dealkylation sites (tertiary alicyclic amines) is 1. The molecule has 5 heteroatoms. The molecule has 0 saturated carbocycles. The first kappa shape index (κ1) is 17.9. The van der Waals surface area contributed by atoms with Crippen LogP contribution in [0.2, 0.25) is 0 Å². The molecule has 2 N–H and O–H groups in total. The van der Waals surface area contributed by atoms with E-state index in [2.05, 4.69) is 4.90 Å². The molecule has 0 aromatic heterocycles. The summed E-state index contributed by atoms with van der Waals surface area (Å²) in [6.45, 7) is 1.70. The quantitative estimate of drug-likeness (QED) is 0.875. The van der Waals surface area contributed by atoms with Gasteiger partial charge in [-0.3, -0.25) is 0 Å². The average Bonchev–Trinajstić information content (AvgIpc) is 2.64. The summed E-state index contributed by atoms with van der Waals surface area (Å²) in [5, 5.41) is 21.2. The van der Waals surface area contributed by atoms with Gasteiger partial charge in [0.25, 0.3) is 0 Å². The topological polar surface area (TPSA) is 52.9 Å². The predicted octanol–water partition coefficient (Wildman–Crippen LogP) is 2.85. The second kappa shape index (κ2) is 7.52. The number of aliphatic hydroxyl groups excluding tert-OH is 1. The van der Waals surface area contributed by atoms with E-state index in [4.69, 9.17) is 4.74 Å². The fourth-order valence-corrected chi connectivity index (χ4v) is 3.39. The van der Waals surface area contributed by atoms with Crippen molar-refractivity contribution in [2.24, 2.45) is 0 Å². The van der Waals surface area contributed by atoms with Crippen LogP contribution in [0.4, 0.5) is 4.39 Å². The maximum Gasteiger partial charge on any atom is 0.129 e. The minimum absolute atomic E-state index is 0.364. The molecule has 0 spiro atoms. The van der Waals surface area contributed by atoms with E-state index in [9.17, 15) is 14.6 Å². The Hall–Kier alpha value is -1.95. The van der Waals surface area contributed by atoms with Gasteiger partial charge in [0.15, 0.2) is 0 Å². The van der Waals surface area contributed by atoms with Gasteiger partial charge in [0, 0.05) is 25.2 Å². The second-order valence-corrected chi connectivity index (χ2v) is 6.60. The Kier molecular flexibility index (Phi) is 5.37. The first-order valence-electron chi connectivity index (χ1n) is 8.53. The maximum atomic E-state index is 14.0. The molecule has 1 saturated heterocycles. The van der Waals surface area contributed by atoms with E-state index < -0.39 is 11.7 Å².